The number of aromatic amines is 1. The van der Waals surface area contributed by atoms with Crippen LogP contribution in [0, 0.1) is 20.8 Å². The fourth-order valence-electron chi connectivity index (χ4n) is 2.67. The summed E-state index contributed by atoms with van der Waals surface area (Å²) in [7, 11) is 1.61. The molecule has 0 unspecified atom stereocenters. The number of H-pyrrole nitrogens is 1. The van der Waals surface area contributed by atoms with Gasteiger partial charge in [0.15, 0.2) is 0 Å². The first-order valence-electron chi connectivity index (χ1n) is 7.16. The van der Waals surface area contributed by atoms with E-state index in [1.54, 1.807) is 7.11 Å². The summed E-state index contributed by atoms with van der Waals surface area (Å²) in [4.78, 5) is 20.1. The van der Waals surface area contributed by atoms with Crippen LogP contribution in [0.25, 0.3) is 22.3 Å². The molecule has 1 aromatic heterocycles. The van der Waals surface area contributed by atoms with Crippen molar-refractivity contribution in [2.45, 2.75) is 20.8 Å². The maximum Gasteiger partial charge on any atom is 0.259 e. The molecule has 0 aliphatic carbocycles. The maximum absolute atomic E-state index is 12.5. The van der Waals surface area contributed by atoms with E-state index in [-0.39, 0.29) is 24.1 Å². The van der Waals surface area contributed by atoms with Crippen LogP contribution in [0.1, 0.15) is 16.7 Å². The molecule has 23 heavy (non-hydrogen) atoms. The summed E-state index contributed by atoms with van der Waals surface area (Å²) >= 11 is 0. The zero-order valence-electron chi connectivity index (χ0n) is 13.6. The molecule has 1 heterocycles. The van der Waals surface area contributed by atoms with Gasteiger partial charge in [-0.3, -0.25) is 4.79 Å². The Bertz CT molecular complexity index is 932. The van der Waals surface area contributed by atoms with E-state index in [1.807, 2.05) is 51.1 Å². The van der Waals surface area contributed by atoms with Crippen molar-refractivity contribution in [3.63, 3.8) is 0 Å². The van der Waals surface area contributed by atoms with Crippen LogP contribution in [0.4, 0.5) is 0 Å². The second-order valence-electron chi connectivity index (χ2n) is 5.54. The Kier molecular flexibility index (Phi) is 4.98. The molecule has 0 saturated carbocycles. The number of aromatic nitrogens is 2. The van der Waals surface area contributed by atoms with Gasteiger partial charge in [0.05, 0.1) is 23.6 Å². The quantitative estimate of drug-likeness (QED) is 0.773. The molecule has 0 fully saturated rings. The van der Waals surface area contributed by atoms with Gasteiger partial charge in [-0.1, -0.05) is 23.8 Å². The predicted octanol–water partition coefficient (Wildman–Crippen LogP) is 3.52. The van der Waals surface area contributed by atoms with E-state index in [2.05, 4.69) is 9.97 Å². The van der Waals surface area contributed by atoms with Gasteiger partial charge in [-0.05, 0) is 44.0 Å². The van der Waals surface area contributed by atoms with Crippen molar-refractivity contribution in [1.82, 2.24) is 9.97 Å². The minimum atomic E-state index is -0.121. The number of ether oxygens (including phenoxy) is 1. The van der Waals surface area contributed by atoms with Crippen molar-refractivity contribution >= 4 is 10.9 Å². The predicted molar refractivity (Wildman–Crippen MR) is 88.6 cm³/mol. The van der Waals surface area contributed by atoms with E-state index in [0.717, 1.165) is 27.8 Å². The summed E-state index contributed by atoms with van der Waals surface area (Å²) < 4.78 is 5.40. The number of fused-ring (bicyclic) bond motifs is 1. The fraction of sp³-hybridized carbons (Fsp3) is 0.222. The van der Waals surface area contributed by atoms with Crippen LogP contribution in [0.3, 0.4) is 0 Å². The molecule has 3 aromatic rings. The second-order valence-corrected chi connectivity index (χ2v) is 5.54. The molecule has 0 spiro atoms. The molecule has 5 heteroatoms. The van der Waals surface area contributed by atoms with Crippen molar-refractivity contribution in [2.75, 3.05) is 7.11 Å². The normalized spacial score (nSPS) is 10.4. The molecule has 0 bridgehead atoms. The zero-order valence-corrected chi connectivity index (χ0v) is 15.0. The van der Waals surface area contributed by atoms with E-state index in [1.165, 1.54) is 0 Å². The van der Waals surface area contributed by atoms with Gasteiger partial charge in [-0.25, -0.2) is 4.98 Å². The summed E-state index contributed by atoms with van der Waals surface area (Å²) in [6, 6.07) is 9.76. The van der Waals surface area contributed by atoms with Crippen LogP contribution in [0.5, 0.6) is 5.75 Å². The third-order valence-electron chi connectivity index (χ3n) is 3.88. The molecule has 0 aliphatic rings. The summed E-state index contributed by atoms with van der Waals surface area (Å²) in [6.07, 6.45) is 0. The van der Waals surface area contributed by atoms with Crippen LogP contribution in [-0.4, -0.2) is 17.1 Å². The summed E-state index contributed by atoms with van der Waals surface area (Å²) in [5.41, 5.74) is 4.41. The van der Waals surface area contributed by atoms with E-state index >= 15 is 0 Å². The number of methoxy groups -OCH3 is 1. The van der Waals surface area contributed by atoms with Gasteiger partial charge in [0.1, 0.15) is 11.6 Å². The number of nitrogens with one attached hydrogen (secondary N) is 1. The Morgan fingerprint density at radius 2 is 1.74 bits per heavy atom. The van der Waals surface area contributed by atoms with Crippen LogP contribution in [-0.2, 0) is 18.6 Å². The average Bonchev–Trinajstić information content (AvgIpc) is 2.50. The zero-order chi connectivity index (χ0) is 15.9. The van der Waals surface area contributed by atoms with Gasteiger partial charge in [0, 0.05) is 18.6 Å². The largest absolute Gasteiger partial charge is 0.496 e. The minimum Gasteiger partial charge on any atom is -0.496 e. The second kappa shape index (κ2) is 6.61. The number of aryl methyl sites for hydroxylation is 3. The Morgan fingerprint density at radius 1 is 1.04 bits per heavy atom. The average molecular weight is 345 g/mol. The fourth-order valence-corrected chi connectivity index (χ4v) is 2.67. The summed E-state index contributed by atoms with van der Waals surface area (Å²) in [5, 5.41) is 0.648. The van der Waals surface area contributed by atoms with Crippen molar-refractivity contribution < 1.29 is 23.3 Å². The molecular formula is C18H18N2O2V. The number of hydrogen-bond donors (Lipinski definition) is 1. The smallest absolute Gasteiger partial charge is 0.259 e. The minimum absolute atomic E-state index is 0. The van der Waals surface area contributed by atoms with Gasteiger partial charge in [0.2, 0.25) is 0 Å². The van der Waals surface area contributed by atoms with E-state index in [9.17, 15) is 4.79 Å². The van der Waals surface area contributed by atoms with E-state index in [4.69, 9.17) is 4.74 Å². The molecule has 1 radical (unpaired) electrons. The topological polar surface area (TPSA) is 55.0 Å². The number of benzene rings is 2. The number of nitrogens with zero attached hydrogens (tertiary/aromatic N) is 1. The molecule has 3 rings (SSSR count). The molecule has 117 valence electrons. The van der Waals surface area contributed by atoms with Crippen molar-refractivity contribution in [3.05, 3.63) is 57.4 Å². The van der Waals surface area contributed by atoms with Crippen LogP contribution in [0.2, 0.25) is 0 Å². The van der Waals surface area contributed by atoms with Gasteiger partial charge < -0.3 is 9.72 Å². The third kappa shape index (κ3) is 3.05. The van der Waals surface area contributed by atoms with Crippen molar-refractivity contribution in [1.29, 1.82) is 0 Å². The number of rotatable bonds is 2. The first-order chi connectivity index (χ1) is 10.5. The van der Waals surface area contributed by atoms with Crippen LogP contribution >= 0.6 is 0 Å². The molecule has 0 aliphatic heterocycles. The SMILES string of the molecule is COc1ccc(C)cc1-c1nc2c(C)ccc(C)c2c(=O)[nH]1.[V]. The van der Waals surface area contributed by atoms with Crippen molar-refractivity contribution in [3.8, 4) is 17.1 Å². The molecule has 0 amide bonds. The summed E-state index contributed by atoms with van der Waals surface area (Å²) in [5.74, 6) is 1.23. The van der Waals surface area contributed by atoms with Gasteiger partial charge in [-0.2, -0.15) is 0 Å². The van der Waals surface area contributed by atoms with E-state index in [0.29, 0.717) is 17.0 Å². The van der Waals surface area contributed by atoms with Gasteiger partial charge >= 0.3 is 0 Å². The van der Waals surface area contributed by atoms with Gasteiger partial charge in [-0.15, -0.1) is 0 Å². The molecule has 1 N–H and O–H groups in total. The summed E-state index contributed by atoms with van der Waals surface area (Å²) in [6.45, 7) is 5.88. The first kappa shape index (κ1) is 17.3. The molecule has 2 aromatic carbocycles. The first-order valence-corrected chi connectivity index (χ1v) is 7.16. The van der Waals surface area contributed by atoms with Crippen molar-refractivity contribution in [2.24, 2.45) is 0 Å². The number of hydrogen-bond acceptors (Lipinski definition) is 3. The van der Waals surface area contributed by atoms with E-state index < -0.39 is 0 Å². The third-order valence-corrected chi connectivity index (χ3v) is 3.88. The van der Waals surface area contributed by atoms with Crippen LogP contribution < -0.4 is 10.3 Å². The van der Waals surface area contributed by atoms with Gasteiger partial charge in [0.25, 0.3) is 5.56 Å². The Morgan fingerprint density at radius 3 is 2.43 bits per heavy atom. The monoisotopic (exact) mass is 345 g/mol. The Labute approximate surface area is 146 Å². The maximum atomic E-state index is 12.5. The Hall–Kier alpha value is -2.04. The molecular weight excluding hydrogens is 327 g/mol. The standard InChI is InChI=1S/C18H18N2O2.V/c1-10-5-8-14(22-4)13(9-10)17-19-16-12(3)7-6-11(2)15(16)18(21)20-17;/h5-9H,1-4H3,(H,19,20,21);. The molecule has 0 atom stereocenters. The molecule has 4 nitrogen and oxygen atoms in total. The Balaban J connectivity index is 0.00000192. The van der Waals surface area contributed by atoms with Crippen LogP contribution in [0.15, 0.2) is 35.1 Å². The molecule has 0 saturated heterocycles.